The van der Waals surface area contributed by atoms with Crippen LogP contribution in [-0.4, -0.2) is 18.5 Å². The molecule has 0 radical (unpaired) electrons. The fourth-order valence-electron chi connectivity index (χ4n) is 2.17. The molecule has 0 saturated carbocycles. The van der Waals surface area contributed by atoms with Crippen molar-refractivity contribution in [2.45, 2.75) is 13.0 Å². The number of nitrogens with one attached hydrogen (secondary N) is 3. The highest BCUT2D eigenvalue weighted by Crippen LogP contribution is 2.16. The molecule has 2 aromatic rings. The van der Waals surface area contributed by atoms with E-state index in [-0.39, 0.29) is 18.0 Å². The summed E-state index contributed by atoms with van der Waals surface area (Å²) >= 11 is 5.86. The van der Waals surface area contributed by atoms with Gasteiger partial charge in [0.25, 0.3) is 5.91 Å². The zero-order chi connectivity index (χ0) is 18.2. The lowest BCUT2D eigenvalue weighted by Gasteiger charge is -2.15. The van der Waals surface area contributed by atoms with Crippen molar-refractivity contribution in [3.63, 3.8) is 0 Å². The van der Waals surface area contributed by atoms with Crippen LogP contribution in [0.2, 0.25) is 5.02 Å². The Morgan fingerprint density at radius 2 is 1.76 bits per heavy atom. The lowest BCUT2D eigenvalue weighted by atomic mass is 10.1. The third-order valence-electron chi connectivity index (χ3n) is 3.53. The maximum Gasteiger partial charge on any atom is 0.319 e. The number of urea groups is 1. The number of anilines is 1. The summed E-state index contributed by atoms with van der Waals surface area (Å²) in [4.78, 5) is 23.9. The van der Waals surface area contributed by atoms with Crippen LogP contribution in [-0.2, 0) is 0 Å². The number of hydrogen-bond acceptors (Lipinski definition) is 2. The molecule has 0 aliphatic rings. The Bertz CT molecular complexity index is 742. The second kappa shape index (κ2) is 8.89. The molecule has 0 fully saturated rings. The number of carbonyl (C=O) groups excluding carboxylic acids is 2. The van der Waals surface area contributed by atoms with E-state index in [2.05, 4.69) is 22.5 Å². The van der Waals surface area contributed by atoms with Crippen LogP contribution in [0.5, 0.6) is 0 Å². The van der Waals surface area contributed by atoms with Gasteiger partial charge in [-0.2, -0.15) is 0 Å². The van der Waals surface area contributed by atoms with E-state index >= 15 is 0 Å². The molecule has 130 valence electrons. The standard InChI is InChI=1S/C19H20ClN3O2/c1-3-12-21-18(24)15-6-10-17(11-7-15)23-19(25)22-13(2)14-4-8-16(20)9-5-14/h3-11,13H,1,12H2,2H3,(H,21,24)(H2,22,23,25). The Balaban J connectivity index is 1.90. The second-order valence-electron chi connectivity index (χ2n) is 5.45. The summed E-state index contributed by atoms with van der Waals surface area (Å²) in [6, 6.07) is 13.4. The third kappa shape index (κ3) is 5.65. The molecular formula is C19H20ClN3O2. The van der Waals surface area contributed by atoms with E-state index in [0.717, 1.165) is 5.56 Å². The van der Waals surface area contributed by atoms with Gasteiger partial charge in [-0.15, -0.1) is 6.58 Å². The Kier molecular flexibility index (Phi) is 6.60. The Hall–Kier alpha value is -2.79. The van der Waals surface area contributed by atoms with E-state index in [0.29, 0.717) is 22.8 Å². The summed E-state index contributed by atoms with van der Waals surface area (Å²) in [7, 11) is 0. The number of halogens is 1. The van der Waals surface area contributed by atoms with Crippen LogP contribution in [0.15, 0.2) is 61.2 Å². The smallest absolute Gasteiger partial charge is 0.319 e. The normalized spacial score (nSPS) is 11.3. The molecule has 0 bridgehead atoms. The van der Waals surface area contributed by atoms with Gasteiger partial charge in [0.1, 0.15) is 0 Å². The maximum atomic E-state index is 12.1. The zero-order valence-electron chi connectivity index (χ0n) is 13.9. The monoisotopic (exact) mass is 357 g/mol. The molecule has 0 aliphatic heterocycles. The number of hydrogen-bond donors (Lipinski definition) is 3. The maximum absolute atomic E-state index is 12.1. The van der Waals surface area contributed by atoms with Crippen LogP contribution in [0.3, 0.4) is 0 Å². The molecule has 0 spiro atoms. The molecule has 25 heavy (non-hydrogen) atoms. The fraction of sp³-hybridized carbons (Fsp3) is 0.158. The molecule has 3 amide bonds. The van der Waals surface area contributed by atoms with Crippen LogP contribution in [0, 0.1) is 0 Å². The van der Waals surface area contributed by atoms with Crippen LogP contribution in [0.25, 0.3) is 0 Å². The molecule has 5 nitrogen and oxygen atoms in total. The molecule has 0 saturated heterocycles. The number of rotatable bonds is 6. The van der Waals surface area contributed by atoms with Gasteiger partial charge in [-0.3, -0.25) is 4.79 Å². The van der Waals surface area contributed by atoms with Crippen molar-refractivity contribution in [3.05, 3.63) is 77.3 Å². The SMILES string of the molecule is C=CCNC(=O)c1ccc(NC(=O)NC(C)c2ccc(Cl)cc2)cc1. The number of carbonyl (C=O) groups is 2. The van der Waals surface area contributed by atoms with E-state index < -0.39 is 0 Å². The van der Waals surface area contributed by atoms with Gasteiger partial charge in [-0.25, -0.2) is 4.79 Å². The quantitative estimate of drug-likeness (QED) is 0.680. The Morgan fingerprint density at radius 1 is 1.12 bits per heavy atom. The van der Waals surface area contributed by atoms with Crippen LogP contribution in [0.4, 0.5) is 10.5 Å². The van der Waals surface area contributed by atoms with Gasteiger partial charge in [0.15, 0.2) is 0 Å². The third-order valence-corrected chi connectivity index (χ3v) is 3.78. The number of amides is 3. The van der Waals surface area contributed by atoms with Gasteiger partial charge in [0.2, 0.25) is 0 Å². The Labute approximate surface area is 152 Å². The van der Waals surface area contributed by atoms with E-state index in [1.807, 2.05) is 19.1 Å². The van der Waals surface area contributed by atoms with Gasteiger partial charge in [-0.05, 0) is 48.9 Å². The summed E-state index contributed by atoms with van der Waals surface area (Å²) < 4.78 is 0. The molecule has 1 unspecified atom stereocenters. The number of benzene rings is 2. The first-order chi connectivity index (χ1) is 12.0. The highest BCUT2D eigenvalue weighted by atomic mass is 35.5. The van der Waals surface area contributed by atoms with E-state index in [1.165, 1.54) is 0 Å². The molecular weight excluding hydrogens is 338 g/mol. The van der Waals surface area contributed by atoms with Crippen LogP contribution >= 0.6 is 11.6 Å². The summed E-state index contributed by atoms with van der Waals surface area (Å²) in [6.07, 6.45) is 1.61. The Morgan fingerprint density at radius 3 is 2.36 bits per heavy atom. The van der Waals surface area contributed by atoms with Crippen molar-refractivity contribution in [1.29, 1.82) is 0 Å². The van der Waals surface area contributed by atoms with E-state index in [1.54, 1.807) is 42.5 Å². The van der Waals surface area contributed by atoms with Gasteiger partial charge in [0.05, 0.1) is 6.04 Å². The summed E-state index contributed by atoms with van der Waals surface area (Å²) in [6.45, 7) is 5.84. The van der Waals surface area contributed by atoms with Crippen LogP contribution in [0.1, 0.15) is 28.9 Å². The molecule has 1 atom stereocenters. The van der Waals surface area contributed by atoms with Gasteiger partial charge in [0, 0.05) is 22.8 Å². The highest BCUT2D eigenvalue weighted by molar-refractivity contribution is 6.30. The highest BCUT2D eigenvalue weighted by Gasteiger charge is 2.10. The summed E-state index contributed by atoms with van der Waals surface area (Å²) in [5.74, 6) is -0.188. The molecule has 3 N–H and O–H groups in total. The molecule has 6 heteroatoms. The van der Waals surface area contributed by atoms with Crippen molar-refractivity contribution >= 4 is 29.2 Å². The average molecular weight is 358 g/mol. The van der Waals surface area contributed by atoms with Crippen molar-refractivity contribution < 1.29 is 9.59 Å². The van der Waals surface area contributed by atoms with Crippen molar-refractivity contribution in [2.24, 2.45) is 0 Å². The molecule has 0 aliphatic carbocycles. The average Bonchev–Trinajstić information content (AvgIpc) is 2.60. The van der Waals surface area contributed by atoms with Gasteiger partial charge >= 0.3 is 6.03 Å². The summed E-state index contributed by atoms with van der Waals surface area (Å²) in [5.41, 5.74) is 2.07. The van der Waals surface area contributed by atoms with Crippen molar-refractivity contribution in [1.82, 2.24) is 10.6 Å². The van der Waals surface area contributed by atoms with Gasteiger partial charge in [-0.1, -0.05) is 29.8 Å². The van der Waals surface area contributed by atoms with Crippen molar-refractivity contribution in [3.8, 4) is 0 Å². The van der Waals surface area contributed by atoms with Crippen molar-refractivity contribution in [2.75, 3.05) is 11.9 Å². The first-order valence-corrected chi connectivity index (χ1v) is 8.19. The van der Waals surface area contributed by atoms with Crippen LogP contribution < -0.4 is 16.0 Å². The van der Waals surface area contributed by atoms with E-state index in [4.69, 9.17) is 11.6 Å². The minimum absolute atomic E-state index is 0.166. The molecule has 2 aromatic carbocycles. The lowest BCUT2D eigenvalue weighted by Crippen LogP contribution is -2.31. The molecule has 2 rings (SSSR count). The minimum atomic E-state index is -0.327. The van der Waals surface area contributed by atoms with Gasteiger partial charge < -0.3 is 16.0 Å². The minimum Gasteiger partial charge on any atom is -0.349 e. The van der Waals surface area contributed by atoms with E-state index in [9.17, 15) is 9.59 Å². The second-order valence-corrected chi connectivity index (χ2v) is 5.88. The first kappa shape index (κ1) is 18.5. The first-order valence-electron chi connectivity index (χ1n) is 7.81. The predicted molar refractivity (Wildman–Crippen MR) is 101 cm³/mol. The topological polar surface area (TPSA) is 70.2 Å². The summed E-state index contributed by atoms with van der Waals surface area (Å²) in [5, 5.41) is 8.93. The largest absolute Gasteiger partial charge is 0.349 e. The fourth-order valence-corrected chi connectivity index (χ4v) is 2.30. The molecule has 0 heterocycles. The lowest BCUT2D eigenvalue weighted by molar-refractivity contribution is 0.0958. The molecule has 0 aromatic heterocycles. The zero-order valence-corrected chi connectivity index (χ0v) is 14.6. The predicted octanol–water partition coefficient (Wildman–Crippen LogP) is 4.14.